The summed E-state index contributed by atoms with van der Waals surface area (Å²) in [5.74, 6) is -1.35. The summed E-state index contributed by atoms with van der Waals surface area (Å²) >= 11 is 0. The second kappa shape index (κ2) is 12.0. The standard InChI is InChI=1S/C16H24N2O3.C2H4O2/c1-11(2)9-14(16(20)21-3)18-15(19)13(17)10-12-7-5-4-6-8-12;1-2(3)4/h4-8,11,13-14H,9-10,17H2,1-3H3,(H,18,19);1H3,(H,3,4)/t13-,14-;/m0./s1. The van der Waals surface area contributed by atoms with E-state index in [1.54, 1.807) is 0 Å². The number of ether oxygens (including phenoxy) is 1. The number of nitrogens with one attached hydrogen (secondary N) is 1. The zero-order chi connectivity index (χ0) is 19.4. The number of rotatable bonds is 7. The van der Waals surface area contributed by atoms with Gasteiger partial charge in [-0.1, -0.05) is 44.2 Å². The van der Waals surface area contributed by atoms with E-state index in [9.17, 15) is 9.59 Å². The maximum atomic E-state index is 12.1. The lowest BCUT2D eigenvalue weighted by Gasteiger charge is -2.20. The fourth-order valence-corrected chi connectivity index (χ4v) is 2.07. The summed E-state index contributed by atoms with van der Waals surface area (Å²) in [7, 11) is 1.31. The zero-order valence-electron chi connectivity index (χ0n) is 15.2. The quantitative estimate of drug-likeness (QED) is 0.637. The summed E-state index contributed by atoms with van der Waals surface area (Å²) < 4.78 is 4.72. The van der Waals surface area contributed by atoms with Crippen LogP contribution in [-0.4, -0.2) is 42.1 Å². The van der Waals surface area contributed by atoms with E-state index in [-0.39, 0.29) is 11.8 Å². The molecule has 7 nitrogen and oxygen atoms in total. The van der Waals surface area contributed by atoms with Crippen LogP contribution in [0.25, 0.3) is 0 Å². The molecule has 0 radical (unpaired) electrons. The van der Waals surface area contributed by atoms with Gasteiger partial charge in [-0.05, 0) is 24.3 Å². The van der Waals surface area contributed by atoms with E-state index < -0.39 is 24.0 Å². The molecule has 0 unspecified atom stereocenters. The summed E-state index contributed by atoms with van der Waals surface area (Å²) in [6.07, 6.45) is 0.957. The van der Waals surface area contributed by atoms with Gasteiger partial charge in [0.2, 0.25) is 5.91 Å². The Labute approximate surface area is 148 Å². The van der Waals surface area contributed by atoms with Crippen molar-refractivity contribution in [2.24, 2.45) is 11.7 Å². The molecule has 140 valence electrons. The summed E-state index contributed by atoms with van der Waals surface area (Å²) in [6.45, 7) is 5.04. The number of carboxylic acids is 1. The molecule has 1 amide bonds. The van der Waals surface area contributed by atoms with Gasteiger partial charge in [-0.25, -0.2) is 4.79 Å². The van der Waals surface area contributed by atoms with E-state index in [2.05, 4.69) is 5.32 Å². The van der Waals surface area contributed by atoms with Crippen LogP contribution in [0.3, 0.4) is 0 Å². The lowest BCUT2D eigenvalue weighted by atomic mass is 10.0. The Morgan fingerprint density at radius 3 is 2.16 bits per heavy atom. The predicted molar refractivity (Wildman–Crippen MR) is 94.8 cm³/mol. The van der Waals surface area contributed by atoms with E-state index in [1.165, 1.54) is 7.11 Å². The van der Waals surface area contributed by atoms with E-state index in [1.807, 2.05) is 44.2 Å². The molecule has 1 aromatic carbocycles. The smallest absolute Gasteiger partial charge is 0.328 e. The molecule has 0 saturated carbocycles. The molecular weight excluding hydrogens is 324 g/mol. The first-order chi connectivity index (χ1) is 11.7. The lowest BCUT2D eigenvalue weighted by molar-refractivity contribution is -0.145. The third kappa shape index (κ3) is 10.9. The minimum Gasteiger partial charge on any atom is -0.481 e. The summed E-state index contributed by atoms with van der Waals surface area (Å²) in [6, 6.07) is 8.20. The first kappa shape index (κ1) is 22.6. The van der Waals surface area contributed by atoms with Crippen LogP contribution in [-0.2, 0) is 25.5 Å². The first-order valence-corrected chi connectivity index (χ1v) is 8.04. The van der Waals surface area contributed by atoms with Crippen molar-refractivity contribution in [3.05, 3.63) is 35.9 Å². The van der Waals surface area contributed by atoms with Crippen molar-refractivity contribution in [3.8, 4) is 0 Å². The number of esters is 1. The van der Waals surface area contributed by atoms with Crippen molar-refractivity contribution >= 4 is 17.8 Å². The van der Waals surface area contributed by atoms with Crippen molar-refractivity contribution in [1.82, 2.24) is 5.32 Å². The highest BCUT2D eigenvalue weighted by molar-refractivity contribution is 5.87. The van der Waals surface area contributed by atoms with Gasteiger partial charge in [0.05, 0.1) is 13.2 Å². The van der Waals surface area contributed by atoms with E-state index in [0.717, 1.165) is 12.5 Å². The second-order valence-corrected chi connectivity index (χ2v) is 6.03. The maximum absolute atomic E-state index is 12.1. The third-order valence-corrected chi connectivity index (χ3v) is 3.14. The zero-order valence-corrected chi connectivity index (χ0v) is 15.2. The summed E-state index contributed by atoms with van der Waals surface area (Å²) in [5.41, 5.74) is 6.89. The molecular formula is C18H28N2O5. The Morgan fingerprint density at radius 2 is 1.72 bits per heavy atom. The van der Waals surface area contributed by atoms with Crippen molar-refractivity contribution in [2.45, 2.75) is 45.7 Å². The van der Waals surface area contributed by atoms with Crippen molar-refractivity contribution in [1.29, 1.82) is 0 Å². The van der Waals surface area contributed by atoms with Crippen LogP contribution < -0.4 is 11.1 Å². The number of hydrogen-bond acceptors (Lipinski definition) is 5. The average molecular weight is 352 g/mol. The van der Waals surface area contributed by atoms with Crippen LogP contribution in [0, 0.1) is 5.92 Å². The van der Waals surface area contributed by atoms with Gasteiger partial charge in [0.25, 0.3) is 5.97 Å². The second-order valence-electron chi connectivity index (χ2n) is 6.03. The van der Waals surface area contributed by atoms with Gasteiger partial charge in [0, 0.05) is 6.92 Å². The lowest BCUT2D eigenvalue weighted by Crippen LogP contribution is -2.49. The highest BCUT2D eigenvalue weighted by atomic mass is 16.5. The number of methoxy groups -OCH3 is 1. The largest absolute Gasteiger partial charge is 0.481 e. The van der Waals surface area contributed by atoms with Gasteiger partial charge in [0.1, 0.15) is 6.04 Å². The van der Waals surface area contributed by atoms with Gasteiger partial charge in [-0.3, -0.25) is 9.59 Å². The molecule has 0 spiro atoms. The highest BCUT2D eigenvalue weighted by Gasteiger charge is 2.25. The maximum Gasteiger partial charge on any atom is 0.328 e. The fraction of sp³-hybridized carbons (Fsp3) is 0.500. The normalized spacial score (nSPS) is 12.4. The van der Waals surface area contributed by atoms with E-state index >= 15 is 0 Å². The van der Waals surface area contributed by atoms with Crippen molar-refractivity contribution in [2.75, 3.05) is 7.11 Å². The van der Waals surface area contributed by atoms with Crippen LogP contribution in [0.15, 0.2) is 30.3 Å². The molecule has 4 N–H and O–H groups in total. The third-order valence-electron chi connectivity index (χ3n) is 3.14. The average Bonchev–Trinajstić information content (AvgIpc) is 2.53. The van der Waals surface area contributed by atoms with Crippen LogP contribution in [0.1, 0.15) is 32.8 Å². The number of aliphatic carboxylic acids is 1. The van der Waals surface area contributed by atoms with Crippen LogP contribution >= 0.6 is 0 Å². The number of carbonyl (C=O) groups excluding carboxylic acids is 2. The van der Waals surface area contributed by atoms with Gasteiger partial charge < -0.3 is 20.9 Å². The topological polar surface area (TPSA) is 119 Å². The summed E-state index contributed by atoms with van der Waals surface area (Å²) in [4.78, 5) is 32.8. The molecule has 0 aromatic heterocycles. The molecule has 0 fully saturated rings. The Hall–Kier alpha value is -2.41. The van der Waals surface area contributed by atoms with E-state index in [0.29, 0.717) is 12.8 Å². The molecule has 0 bridgehead atoms. The highest BCUT2D eigenvalue weighted by Crippen LogP contribution is 2.07. The number of carbonyl (C=O) groups is 3. The number of carboxylic acid groups (broad SMARTS) is 1. The molecule has 25 heavy (non-hydrogen) atoms. The number of nitrogens with two attached hydrogens (primary N) is 1. The van der Waals surface area contributed by atoms with Gasteiger partial charge >= 0.3 is 5.97 Å². The van der Waals surface area contributed by atoms with Crippen LogP contribution in [0.5, 0.6) is 0 Å². The number of hydrogen-bond donors (Lipinski definition) is 3. The first-order valence-electron chi connectivity index (χ1n) is 8.04. The molecule has 0 aliphatic rings. The minimum absolute atomic E-state index is 0.264. The molecule has 2 atom stereocenters. The molecule has 1 aromatic rings. The van der Waals surface area contributed by atoms with Crippen molar-refractivity contribution < 1.29 is 24.2 Å². The van der Waals surface area contributed by atoms with Crippen molar-refractivity contribution in [3.63, 3.8) is 0 Å². The number of amides is 1. The van der Waals surface area contributed by atoms with Gasteiger partial charge in [-0.15, -0.1) is 0 Å². The predicted octanol–water partition coefficient (Wildman–Crippen LogP) is 1.35. The van der Waals surface area contributed by atoms with Gasteiger partial charge in [0.15, 0.2) is 0 Å². The molecule has 0 saturated heterocycles. The van der Waals surface area contributed by atoms with E-state index in [4.69, 9.17) is 20.4 Å². The Morgan fingerprint density at radius 1 is 1.20 bits per heavy atom. The van der Waals surface area contributed by atoms with Gasteiger partial charge in [-0.2, -0.15) is 0 Å². The van der Waals surface area contributed by atoms with Crippen LogP contribution in [0.2, 0.25) is 0 Å². The molecule has 7 heteroatoms. The molecule has 0 aliphatic heterocycles. The molecule has 0 aliphatic carbocycles. The Bertz CT molecular complexity index is 542. The summed E-state index contributed by atoms with van der Waals surface area (Å²) in [5, 5.41) is 10.1. The fourth-order valence-electron chi connectivity index (χ4n) is 2.07. The van der Waals surface area contributed by atoms with Crippen LogP contribution in [0.4, 0.5) is 0 Å². The SMILES string of the molecule is CC(=O)O.COC(=O)[C@H](CC(C)C)NC(=O)[C@@H](N)Cc1ccccc1. The Kier molecular flexibility index (Phi) is 10.9. The minimum atomic E-state index is -0.833. The number of benzene rings is 1. The molecule has 0 heterocycles. The Balaban J connectivity index is 0.00000129. The monoisotopic (exact) mass is 352 g/mol. The molecule has 1 rings (SSSR count).